The molecular formula is C9H12O. The lowest BCUT2D eigenvalue weighted by atomic mass is 10.1. The SMILES string of the molecule is C/C=C1/CCC=CCC1=O. The lowest BCUT2D eigenvalue weighted by Gasteiger charge is -1.97. The average Bonchev–Trinajstić information content (AvgIpc) is 2.13. The summed E-state index contributed by atoms with van der Waals surface area (Å²) in [5, 5.41) is 0. The van der Waals surface area contributed by atoms with Gasteiger partial charge in [-0.1, -0.05) is 18.2 Å². The Labute approximate surface area is 61.4 Å². The van der Waals surface area contributed by atoms with E-state index in [4.69, 9.17) is 0 Å². The molecule has 1 rings (SSSR count). The maximum Gasteiger partial charge on any atom is 0.162 e. The third kappa shape index (κ3) is 1.56. The molecule has 1 aliphatic carbocycles. The fourth-order valence-corrected chi connectivity index (χ4v) is 1.12. The van der Waals surface area contributed by atoms with Crippen LogP contribution in [-0.4, -0.2) is 5.78 Å². The van der Waals surface area contributed by atoms with Gasteiger partial charge in [-0.05, 0) is 25.3 Å². The van der Waals surface area contributed by atoms with Gasteiger partial charge in [0.2, 0.25) is 0 Å². The van der Waals surface area contributed by atoms with Gasteiger partial charge in [-0.3, -0.25) is 4.79 Å². The summed E-state index contributed by atoms with van der Waals surface area (Å²) in [4.78, 5) is 11.1. The summed E-state index contributed by atoms with van der Waals surface area (Å²) in [7, 11) is 0. The Balaban J connectivity index is 2.70. The number of carbonyl (C=O) groups excluding carboxylic acids is 1. The maximum absolute atomic E-state index is 11.1. The summed E-state index contributed by atoms with van der Waals surface area (Å²) in [5.74, 6) is 0.288. The van der Waals surface area contributed by atoms with Crippen LogP contribution in [0.3, 0.4) is 0 Å². The molecule has 1 aliphatic rings. The van der Waals surface area contributed by atoms with Crippen molar-refractivity contribution in [1.82, 2.24) is 0 Å². The van der Waals surface area contributed by atoms with Crippen LogP contribution in [0.15, 0.2) is 23.8 Å². The molecule has 0 unspecified atom stereocenters. The maximum atomic E-state index is 11.1. The molecule has 0 bridgehead atoms. The van der Waals surface area contributed by atoms with E-state index >= 15 is 0 Å². The Bertz CT molecular complexity index is 187. The van der Waals surface area contributed by atoms with Crippen molar-refractivity contribution in [2.24, 2.45) is 0 Å². The van der Waals surface area contributed by atoms with Crippen LogP contribution in [-0.2, 0) is 4.79 Å². The number of Topliss-reactive ketones (excluding diaryl/α,β-unsaturated/α-hetero) is 1. The molecule has 1 heteroatoms. The molecule has 0 aromatic heterocycles. The van der Waals surface area contributed by atoms with E-state index in [1.54, 1.807) is 0 Å². The number of hydrogen-bond donors (Lipinski definition) is 0. The average molecular weight is 136 g/mol. The van der Waals surface area contributed by atoms with Crippen molar-refractivity contribution >= 4 is 5.78 Å². The van der Waals surface area contributed by atoms with E-state index in [9.17, 15) is 4.79 Å². The smallest absolute Gasteiger partial charge is 0.162 e. The molecule has 0 aliphatic heterocycles. The summed E-state index contributed by atoms with van der Waals surface area (Å²) in [6, 6.07) is 0. The molecule has 0 fully saturated rings. The minimum atomic E-state index is 0.288. The normalized spacial score (nSPS) is 23.3. The molecule has 0 radical (unpaired) electrons. The van der Waals surface area contributed by atoms with E-state index in [0.29, 0.717) is 6.42 Å². The fraction of sp³-hybridized carbons (Fsp3) is 0.444. The standard InChI is InChI=1S/C9H12O/c1-2-8-6-4-3-5-7-9(8)10/h2-3,5H,4,6-7H2,1H3/b8-2-. The molecule has 0 aromatic rings. The molecule has 0 saturated heterocycles. The minimum Gasteiger partial charge on any atom is -0.294 e. The van der Waals surface area contributed by atoms with Crippen LogP contribution in [0.4, 0.5) is 0 Å². The van der Waals surface area contributed by atoms with Crippen molar-refractivity contribution < 1.29 is 4.79 Å². The Hall–Kier alpha value is -0.850. The van der Waals surface area contributed by atoms with Gasteiger partial charge < -0.3 is 0 Å². The lowest BCUT2D eigenvalue weighted by Crippen LogP contribution is -1.98. The van der Waals surface area contributed by atoms with Gasteiger partial charge in [0.15, 0.2) is 5.78 Å². The Morgan fingerprint density at radius 1 is 1.50 bits per heavy atom. The number of rotatable bonds is 0. The van der Waals surface area contributed by atoms with E-state index < -0.39 is 0 Å². The van der Waals surface area contributed by atoms with Crippen molar-refractivity contribution in [3.05, 3.63) is 23.8 Å². The summed E-state index contributed by atoms with van der Waals surface area (Å²) in [6.45, 7) is 1.93. The molecule has 0 atom stereocenters. The highest BCUT2D eigenvalue weighted by atomic mass is 16.1. The van der Waals surface area contributed by atoms with Gasteiger partial charge in [0.25, 0.3) is 0 Å². The van der Waals surface area contributed by atoms with Gasteiger partial charge in [-0.2, -0.15) is 0 Å². The van der Waals surface area contributed by atoms with Gasteiger partial charge in [0.1, 0.15) is 0 Å². The van der Waals surface area contributed by atoms with Crippen molar-refractivity contribution in [3.8, 4) is 0 Å². The zero-order chi connectivity index (χ0) is 7.40. The summed E-state index contributed by atoms with van der Waals surface area (Å²) in [6.07, 6.45) is 8.50. The van der Waals surface area contributed by atoms with E-state index in [0.717, 1.165) is 18.4 Å². The number of ketones is 1. The van der Waals surface area contributed by atoms with Gasteiger partial charge in [-0.15, -0.1) is 0 Å². The van der Waals surface area contributed by atoms with Gasteiger partial charge in [0.05, 0.1) is 0 Å². The lowest BCUT2D eigenvalue weighted by molar-refractivity contribution is -0.114. The predicted octanol–water partition coefficient (Wildman–Crippen LogP) is 2.24. The molecule has 0 N–H and O–H groups in total. The van der Waals surface area contributed by atoms with Crippen molar-refractivity contribution in [1.29, 1.82) is 0 Å². The van der Waals surface area contributed by atoms with Gasteiger partial charge in [-0.25, -0.2) is 0 Å². The van der Waals surface area contributed by atoms with E-state index in [-0.39, 0.29) is 5.78 Å². The van der Waals surface area contributed by atoms with Crippen molar-refractivity contribution in [2.45, 2.75) is 26.2 Å². The van der Waals surface area contributed by atoms with Crippen LogP contribution in [0.5, 0.6) is 0 Å². The largest absolute Gasteiger partial charge is 0.294 e. The fourth-order valence-electron chi connectivity index (χ4n) is 1.12. The molecule has 0 amide bonds. The zero-order valence-electron chi connectivity index (χ0n) is 6.26. The van der Waals surface area contributed by atoms with E-state index in [1.807, 2.05) is 19.1 Å². The summed E-state index contributed by atoms with van der Waals surface area (Å²) >= 11 is 0. The Morgan fingerprint density at radius 3 is 3.00 bits per heavy atom. The van der Waals surface area contributed by atoms with Crippen molar-refractivity contribution in [3.63, 3.8) is 0 Å². The molecule has 10 heavy (non-hydrogen) atoms. The zero-order valence-corrected chi connectivity index (χ0v) is 6.26. The van der Waals surface area contributed by atoms with Gasteiger partial charge >= 0.3 is 0 Å². The molecule has 0 spiro atoms. The van der Waals surface area contributed by atoms with Crippen LogP contribution in [0.2, 0.25) is 0 Å². The molecule has 0 saturated carbocycles. The van der Waals surface area contributed by atoms with Crippen LogP contribution in [0.25, 0.3) is 0 Å². The predicted molar refractivity (Wildman–Crippen MR) is 41.8 cm³/mol. The Morgan fingerprint density at radius 2 is 2.30 bits per heavy atom. The van der Waals surface area contributed by atoms with Crippen LogP contribution >= 0.6 is 0 Å². The van der Waals surface area contributed by atoms with E-state index in [2.05, 4.69) is 6.08 Å². The summed E-state index contributed by atoms with van der Waals surface area (Å²) in [5.41, 5.74) is 0.991. The highest BCUT2D eigenvalue weighted by Gasteiger charge is 2.07. The first-order valence-electron chi connectivity index (χ1n) is 3.68. The van der Waals surface area contributed by atoms with Crippen LogP contribution in [0.1, 0.15) is 26.2 Å². The minimum absolute atomic E-state index is 0.288. The summed E-state index contributed by atoms with van der Waals surface area (Å²) < 4.78 is 0. The van der Waals surface area contributed by atoms with Crippen LogP contribution < -0.4 is 0 Å². The number of allylic oxidation sites excluding steroid dienone is 4. The first-order chi connectivity index (χ1) is 4.84. The first-order valence-corrected chi connectivity index (χ1v) is 3.68. The molecule has 54 valence electrons. The monoisotopic (exact) mass is 136 g/mol. The second kappa shape index (κ2) is 3.35. The highest BCUT2D eigenvalue weighted by Crippen LogP contribution is 2.13. The van der Waals surface area contributed by atoms with Crippen LogP contribution in [0, 0.1) is 0 Å². The topological polar surface area (TPSA) is 17.1 Å². The van der Waals surface area contributed by atoms with E-state index in [1.165, 1.54) is 0 Å². The molecule has 1 nitrogen and oxygen atoms in total. The third-order valence-corrected chi connectivity index (χ3v) is 1.76. The molecule has 0 heterocycles. The molecule has 0 aromatic carbocycles. The number of hydrogen-bond acceptors (Lipinski definition) is 1. The van der Waals surface area contributed by atoms with Crippen molar-refractivity contribution in [2.75, 3.05) is 0 Å². The quantitative estimate of drug-likeness (QED) is 0.368. The van der Waals surface area contributed by atoms with Gasteiger partial charge in [0, 0.05) is 6.42 Å². The Kier molecular flexibility index (Phi) is 2.43. The molecular weight excluding hydrogens is 124 g/mol. The third-order valence-electron chi connectivity index (χ3n) is 1.76. The second-order valence-corrected chi connectivity index (χ2v) is 2.45. The highest BCUT2D eigenvalue weighted by molar-refractivity contribution is 5.96. The second-order valence-electron chi connectivity index (χ2n) is 2.45. The first kappa shape index (κ1) is 7.26. The number of carbonyl (C=O) groups is 1.